The molecule has 0 amide bonds. The van der Waals surface area contributed by atoms with Crippen LogP contribution in [0.15, 0.2) is 17.0 Å². The van der Waals surface area contributed by atoms with Crippen LogP contribution in [0.2, 0.25) is 0 Å². The molecule has 0 aliphatic rings. The van der Waals surface area contributed by atoms with Crippen molar-refractivity contribution in [3.63, 3.8) is 0 Å². The molecule has 9 heteroatoms. The average Bonchev–Trinajstić information content (AvgIpc) is 2.33. The molecule has 1 aromatic carbocycles. The Morgan fingerprint density at radius 2 is 2.16 bits per heavy atom. The van der Waals surface area contributed by atoms with E-state index in [1.807, 2.05) is 0 Å². The van der Waals surface area contributed by atoms with E-state index < -0.39 is 25.5 Å². The first kappa shape index (κ1) is 14.7. The van der Waals surface area contributed by atoms with Crippen molar-refractivity contribution in [3.8, 4) is 23.8 Å². The van der Waals surface area contributed by atoms with Crippen LogP contribution >= 0.6 is 0 Å². The number of primary sulfonamides is 1. The number of sulfonamides is 1. The molecular formula is C10H10N2O6S. The number of nitrogens with zero attached hydrogens (tertiary/aromatic N) is 1. The number of methoxy groups -OCH3 is 1. The Balaban J connectivity index is 3.57. The third-order valence-corrected chi connectivity index (χ3v) is 2.95. The predicted octanol–water partition coefficient (Wildman–Crippen LogP) is 0.263. The van der Waals surface area contributed by atoms with Crippen LogP contribution in [0.4, 0.5) is 5.69 Å². The van der Waals surface area contributed by atoms with Gasteiger partial charge in [-0.3, -0.25) is 10.1 Å². The predicted molar refractivity (Wildman–Crippen MR) is 65.3 cm³/mol. The minimum Gasteiger partial charge on any atom is -0.492 e. The minimum atomic E-state index is -4.21. The maximum absolute atomic E-state index is 11.4. The van der Waals surface area contributed by atoms with Gasteiger partial charge in [-0.05, 0) is 0 Å². The van der Waals surface area contributed by atoms with Crippen molar-refractivity contribution < 1.29 is 22.8 Å². The number of hydrogen-bond acceptors (Lipinski definition) is 6. The zero-order valence-electron chi connectivity index (χ0n) is 9.82. The summed E-state index contributed by atoms with van der Waals surface area (Å²) in [5.74, 6) is 1.75. The molecule has 0 bridgehead atoms. The second kappa shape index (κ2) is 5.55. The van der Waals surface area contributed by atoms with Gasteiger partial charge in [-0.25, -0.2) is 13.6 Å². The highest BCUT2D eigenvalue weighted by molar-refractivity contribution is 7.89. The van der Waals surface area contributed by atoms with Gasteiger partial charge in [0.25, 0.3) is 5.69 Å². The van der Waals surface area contributed by atoms with Crippen LogP contribution in [0.25, 0.3) is 0 Å². The third kappa shape index (κ3) is 3.34. The van der Waals surface area contributed by atoms with E-state index >= 15 is 0 Å². The smallest absolute Gasteiger partial charge is 0.274 e. The summed E-state index contributed by atoms with van der Waals surface area (Å²) in [7, 11) is -3.03. The lowest BCUT2D eigenvalue weighted by Crippen LogP contribution is -2.14. The Bertz CT molecular complexity index is 647. The molecule has 1 rings (SSSR count). The Labute approximate surface area is 109 Å². The molecule has 8 nitrogen and oxygen atoms in total. The van der Waals surface area contributed by atoms with E-state index in [4.69, 9.17) is 21.0 Å². The lowest BCUT2D eigenvalue weighted by molar-refractivity contribution is -0.385. The van der Waals surface area contributed by atoms with Gasteiger partial charge in [0.05, 0.1) is 18.1 Å². The van der Waals surface area contributed by atoms with Crippen LogP contribution in [0, 0.1) is 22.5 Å². The topological polar surface area (TPSA) is 122 Å². The summed E-state index contributed by atoms with van der Waals surface area (Å²) >= 11 is 0. The van der Waals surface area contributed by atoms with Crippen molar-refractivity contribution in [1.82, 2.24) is 0 Å². The van der Waals surface area contributed by atoms with E-state index in [0.29, 0.717) is 0 Å². The van der Waals surface area contributed by atoms with E-state index in [2.05, 4.69) is 5.92 Å². The van der Waals surface area contributed by atoms with Gasteiger partial charge in [0.15, 0.2) is 11.5 Å². The maximum Gasteiger partial charge on any atom is 0.274 e. The molecule has 102 valence electrons. The Morgan fingerprint density at radius 1 is 1.53 bits per heavy atom. The monoisotopic (exact) mass is 286 g/mol. The number of nitro benzene ring substituents is 1. The molecule has 2 N–H and O–H groups in total. The van der Waals surface area contributed by atoms with Crippen molar-refractivity contribution in [3.05, 3.63) is 22.2 Å². The van der Waals surface area contributed by atoms with E-state index in [1.54, 1.807) is 0 Å². The second-order valence-corrected chi connectivity index (χ2v) is 4.80. The fourth-order valence-corrected chi connectivity index (χ4v) is 2.03. The van der Waals surface area contributed by atoms with Gasteiger partial charge in [-0.15, -0.1) is 6.42 Å². The van der Waals surface area contributed by atoms with Crippen LogP contribution < -0.4 is 14.6 Å². The minimum absolute atomic E-state index is 0.168. The highest BCUT2D eigenvalue weighted by Gasteiger charge is 2.24. The van der Waals surface area contributed by atoms with Crippen molar-refractivity contribution in [2.45, 2.75) is 4.90 Å². The standard InChI is InChI=1S/C10H10N2O6S/c1-3-4-18-8-5-7(12(13)14)6-9(10(8)17-2)19(11,15)16/h1,5-6H,4H2,2H3,(H2,11,15,16). The zero-order valence-corrected chi connectivity index (χ0v) is 10.6. The molecular weight excluding hydrogens is 276 g/mol. The molecule has 19 heavy (non-hydrogen) atoms. The van der Waals surface area contributed by atoms with Crippen molar-refractivity contribution in [2.75, 3.05) is 13.7 Å². The Morgan fingerprint density at radius 3 is 2.58 bits per heavy atom. The Hall–Kier alpha value is -2.31. The first-order valence-electron chi connectivity index (χ1n) is 4.76. The van der Waals surface area contributed by atoms with Gasteiger partial charge in [-0.1, -0.05) is 5.92 Å². The average molecular weight is 286 g/mol. The molecule has 0 fully saturated rings. The molecule has 0 aliphatic carbocycles. The van der Waals surface area contributed by atoms with Crippen molar-refractivity contribution in [1.29, 1.82) is 0 Å². The van der Waals surface area contributed by atoms with Gasteiger partial charge in [-0.2, -0.15) is 0 Å². The molecule has 0 saturated carbocycles. The summed E-state index contributed by atoms with van der Waals surface area (Å²) in [6.07, 6.45) is 5.00. The molecule has 1 aromatic rings. The fraction of sp³-hybridized carbons (Fsp3) is 0.200. The normalized spacial score (nSPS) is 10.6. The zero-order chi connectivity index (χ0) is 14.6. The summed E-state index contributed by atoms with van der Waals surface area (Å²) in [4.78, 5) is 9.41. The van der Waals surface area contributed by atoms with Crippen LogP contribution in [-0.4, -0.2) is 27.1 Å². The number of nitro groups is 1. The number of non-ortho nitro benzene ring substituents is 1. The fourth-order valence-electron chi connectivity index (χ4n) is 1.31. The highest BCUT2D eigenvalue weighted by Crippen LogP contribution is 2.37. The maximum atomic E-state index is 11.4. The highest BCUT2D eigenvalue weighted by atomic mass is 32.2. The summed E-state index contributed by atoms with van der Waals surface area (Å²) in [5, 5.41) is 15.7. The van der Waals surface area contributed by atoms with E-state index in [0.717, 1.165) is 12.1 Å². The van der Waals surface area contributed by atoms with E-state index in [1.165, 1.54) is 7.11 Å². The van der Waals surface area contributed by atoms with Crippen molar-refractivity contribution in [2.24, 2.45) is 5.14 Å². The van der Waals surface area contributed by atoms with Gasteiger partial charge < -0.3 is 9.47 Å². The number of terminal acetylenes is 1. The first-order valence-corrected chi connectivity index (χ1v) is 6.31. The van der Waals surface area contributed by atoms with Gasteiger partial charge in [0.2, 0.25) is 10.0 Å². The molecule has 0 aromatic heterocycles. The van der Waals surface area contributed by atoms with Gasteiger partial charge >= 0.3 is 0 Å². The number of ether oxygens (including phenoxy) is 2. The lowest BCUT2D eigenvalue weighted by atomic mass is 10.3. The number of nitrogens with two attached hydrogens (primary N) is 1. The summed E-state index contributed by atoms with van der Waals surface area (Å²) in [5.41, 5.74) is -0.503. The van der Waals surface area contributed by atoms with Crippen LogP contribution in [0.5, 0.6) is 11.5 Å². The summed E-state index contributed by atoms with van der Waals surface area (Å²) in [6, 6.07) is 1.79. The first-order chi connectivity index (χ1) is 8.81. The van der Waals surface area contributed by atoms with Crippen LogP contribution in [-0.2, 0) is 10.0 Å². The largest absolute Gasteiger partial charge is 0.492 e. The third-order valence-electron chi connectivity index (χ3n) is 2.04. The van der Waals surface area contributed by atoms with E-state index in [9.17, 15) is 18.5 Å². The van der Waals surface area contributed by atoms with Gasteiger partial charge in [0, 0.05) is 6.07 Å². The quantitative estimate of drug-likeness (QED) is 0.470. The molecule has 0 unspecified atom stereocenters. The van der Waals surface area contributed by atoms with E-state index in [-0.39, 0.29) is 18.1 Å². The van der Waals surface area contributed by atoms with Crippen LogP contribution in [0.3, 0.4) is 0 Å². The molecule has 0 radical (unpaired) electrons. The molecule has 0 heterocycles. The van der Waals surface area contributed by atoms with Gasteiger partial charge in [0.1, 0.15) is 11.5 Å². The van der Waals surface area contributed by atoms with Crippen molar-refractivity contribution >= 4 is 15.7 Å². The lowest BCUT2D eigenvalue weighted by Gasteiger charge is -2.12. The summed E-state index contributed by atoms with van der Waals surface area (Å²) in [6.45, 7) is -0.207. The molecule has 0 aliphatic heterocycles. The van der Waals surface area contributed by atoms with Crippen LogP contribution in [0.1, 0.15) is 0 Å². The second-order valence-electron chi connectivity index (χ2n) is 3.27. The Kier molecular flexibility index (Phi) is 4.31. The molecule has 0 atom stereocenters. The SMILES string of the molecule is C#CCOc1cc([N+](=O)[O-])cc(S(N)(=O)=O)c1OC. The number of benzene rings is 1. The molecule has 0 saturated heterocycles. The number of hydrogen-bond donors (Lipinski definition) is 1. The summed E-state index contributed by atoms with van der Waals surface area (Å²) < 4.78 is 32.7. The number of rotatable bonds is 5. The molecule has 0 spiro atoms.